The van der Waals surface area contributed by atoms with Gasteiger partial charge in [0.2, 0.25) is 5.75 Å². The molecule has 1 rings (SSSR count). The summed E-state index contributed by atoms with van der Waals surface area (Å²) in [5, 5.41) is 14.2. The van der Waals surface area contributed by atoms with Gasteiger partial charge < -0.3 is 18.5 Å². The van der Waals surface area contributed by atoms with Gasteiger partial charge in [0.15, 0.2) is 0 Å². The molecular formula is C13H21N2O6PS. The number of nitrogens with zero attached hydrogens (tertiary/aromatic N) is 1. The highest BCUT2D eigenvalue weighted by molar-refractivity contribution is 8.09. The first-order chi connectivity index (χ1) is 10.8. The van der Waals surface area contributed by atoms with Crippen molar-refractivity contribution < 1.29 is 23.4 Å². The molecule has 0 spiro atoms. The van der Waals surface area contributed by atoms with Crippen molar-refractivity contribution in [2.24, 2.45) is 0 Å². The van der Waals surface area contributed by atoms with Crippen molar-refractivity contribution in [1.29, 1.82) is 0 Å². The third-order valence-corrected chi connectivity index (χ3v) is 5.32. The molecule has 0 amide bonds. The number of nitro groups is 1. The van der Waals surface area contributed by atoms with Crippen LogP contribution < -0.4 is 14.3 Å². The van der Waals surface area contributed by atoms with Gasteiger partial charge in [-0.25, -0.2) is 5.09 Å². The van der Waals surface area contributed by atoms with Crippen LogP contribution in [0.1, 0.15) is 13.8 Å². The first kappa shape index (κ1) is 19.8. The van der Waals surface area contributed by atoms with Crippen molar-refractivity contribution in [3.8, 4) is 11.5 Å². The SMILES string of the molecule is CCOP(=S)(NC(C)COC)Oc1cc(OC)ccc1[N+](=O)[O-]. The van der Waals surface area contributed by atoms with E-state index in [2.05, 4.69) is 5.09 Å². The van der Waals surface area contributed by atoms with E-state index in [0.717, 1.165) is 0 Å². The number of hydrogen-bond donors (Lipinski definition) is 1. The Hall–Kier alpha value is -1.25. The summed E-state index contributed by atoms with van der Waals surface area (Å²) < 4.78 is 21.4. The molecule has 0 bridgehead atoms. The topological polar surface area (TPSA) is 92.1 Å². The van der Waals surface area contributed by atoms with Crippen LogP contribution in [0, 0.1) is 10.1 Å². The third kappa shape index (κ3) is 6.04. The number of ether oxygens (including phenoxy) is 2. The Bertz CT molecular complexity index is 586. The molecule has 0 aliphatic heterocycles. The molecule has 0 aliphatic carbocycles. The maximum absolute atomic E-state index is 11.2. The Morgan fingerprint density at radius 1 is 1.43 bits per heavy atom. The largest absolute Gasteiger partial charge is 0.497 e. The molecule has 0 fully saturated rings. The van der Waals surface area contributed by atoms with Crippen LogP contribution in [-0.4, -0.2) is 38.4 Å². The van der Waals surface area contributed by atoms with Crippen molar-refractivity contribution in [3.05, 3.63) is 28.3 Å². The predicted octanol–water partition coefficient (Wildman–Crippen LogP) is 2.87. The highest BCUT2D eigenvalue weighted by atomic mass is 32.5. The lowest BCUT2D eigenvalue weighted by Crippen LogP contribution is -2.30. The number of rotatable bonds is 10. The summed E-state index contributed by atoms with van der Waals surface area (Å²) in [6, 6.07) is 4.07. The molecule has 130 valence electrons. The second kappa shape index (κ2) is 9.14. The zero-order valence-corrected chi connectivity index (χ0v) is 15.2. The first-order valence-electron chi connectivity index (χ1n) is 6.88. The van der Waals surface area contributed by atoms with Crippen molar-refractivity contribution in [3.63, 3.8) is 0 Å². The van der Waals surface area contributed by atoms with Crippen molar-refractivity contribution in [1.82, 2.24) is 5.09 Å². The lowest BCUT2D eigenvalue weighted by atomic mass is 10.3. The molecule has 0 saturated carbocycles. The highest BCUT2D eigenvalue weighted by Gasteiger charge is 2.27. The Kier molecular flexibility index (Phi) is 7.87. The average molecular weight is 364 g/mol. The lowest BCUT2D eigenvalue weighted by Gasteiger charge is -2.26. The summed E-state index contributed by atoms with van der Waals surface area (Å²) >= 11 is 5.44. The van der Waals surface area contributed by atoms with Gasteiger partial charge in [0.05, 0.1) is 25.2 Å². The van der Waals surface area contributed by atoms with Gasteiger partial charge in [-0.1, -0.05) is 0 Å². The van der Waals surface area contributed by atoms with E-state index in [1.807, 2.05) is 6.92 Å². The Labute approximate surface area is 140 Å². The molecule has 8 nitrogen and oxygen atoms in total. The minimum absolute atomic E-state index is 0.00301. The summed E-state index contributed by atoms with van der Waals surface area (Å²) in [7, 11) is 3.03. The minimum atomic E-state index is -2.98. The molecule has 0 aliphatic rings. The smallest absolute Gasteiger partial charge is 0.313 e. The first-order valence-corrected chi connectivity index (χ1v) is 9.52. The molecule has 0 saturated heterocycles. The number of hydrogen-bond acceptors (Lipinski definition) is 7. The van der Waals surface area contributed by atoms with Crippen molar-refractivity contribution in [2.75, 3.05) is 27.4 Å². The van der Waals surface area contributed by atoms with Gasteiger partial charge in [-0.15, -0.1) is 0 Å². The monoisotopic (exact) mass is 364 g/mol. The minimum Gasteiger partial charge on any atom is -0.497 e. The summed E-state index contributed by atoms with van der Waals surface area (Å²) in [4.78, 5) is 10.6. The van der Waals surface area contributed by atoms with Crippen LogP contribution in [0.15, 0.2) is 18.2 Å². The van der Waals surface area contributed by atoms with E-state index in [1.165, 1.54) is 25.3 Å². The van der Waals surface area contributed by atoms with E-state index >= 15 is 0 Å². The van der Waals surface area contributed by atoms with Crippen LogP contribution in [-0.2, 0) is 21.1 Å². The van der Waals surface area contributed by atoms with E-state index in [9.17, 15) is 10.1 Å². The fourth-order valence-corrected chi connectivity index (χ4v) is 4.43. The lowest BCUT2D eigenvalue weighted by molar-refractivity contribution is -0.385. The van der Waals surface area contributed by atoms with E-state index < -0.39 is 11.6 Å². The molecule has 1 aromatic rings. The zero-order chi connectivity index (χ0) is 17.5. The Morgan fingerprint density at radius 2 is 2.13 bits per heavy atom. The van der Waals surface area contributed by atoms with Crippen molar-refractivity contribution in [2.45, 2.75) is 19.9 Å². The van der Waals surface area contributed by atoms with E-state index in [4.69, 9.17) is 30.3 Å². The molecular weight excluding hydrogens is 343 g/mol. The maximum Gasteiger partial charge on any atom is 0.313 e. The van der Waals surface area contributed by atoms with E-state index in [0.29, 0.717) is 19.0 Å². The van der Waals surface area contributed by atoms with Gasteiger partial charge in [0.25, 0.3) is 0 Å². The van der Waals surface area contributed by atoms with Gasteiger partial charge in [0, 0.05) is 25.3 Å². The fraction of sp³-hybridized carbons (Fsp3) is 0.538. The Morgan fingerprint density at radius 3 is 2.65 bits per heavy atom. The molecule has 10 heteroatoms. The summed E-state index contributed by atoms with van der Waals surface area (Å²) in [5.74, 6) is 0.428. The Balaban J connectivity index is 3.12. The summed E-state index contributed by atoms with van der Waals surface area (Å²) in [5.41, 5.74) is -0.207. The molecule has 2 unspecified atom stereocenters. The molecule has 0 aromatic heterocycles. The van der Waals surface area contributed by atoms with Gasteiger partial charge in [0.1, 0.15) is 5.75 Å². The molecule has 0 radical (unpaired) electrons. The fourth-order valence-electron chi connectivity index (χ4n) is 1.79. The number of nitro benzene ring substituents is 1. The van der Waals surface area contributed by atoms with E-state index in [1.54, 1.807) is 14.0 Å². The summed E-state index contributed by atoms with van der Waals surface area (Å²) in [6.45, 7) is 1.35. The molecule has 23 heavy (non-hydrogen) atoms. The quantitative estimate of drug-likeness (QED) is 0.385. The third-order valence-electron chi connectivity index (χ3n) is 2.68. The van der Waals surface area contributed by atoms with Crippen LogP contribution in [0.4, 0.5) is 5.69 Å². The van der Waals surface area contributed by atoms with Crippen LogP contribution in [0.25, 0.3) is 0 Å². The molecule has 1 aromatic carbocycles. The van der Waals surface area contributed by atoms with Gasteiger partial charge in [-0.2, -0.15) is 0 Å². The number of benzene rings is 1. The standard InChI is InChI=1S/C13H21N2O6PS/c1-5-20-22(23,14-10(2)9-18-3)21-13-8-11(19-4)6-7-12(13)15(16)17/h6-8,10H,5,9H2,1-4H3,(H,14,23). The van der Waals surface area contributed by atoms with Crippen molar-refractivity contribution >= 4 is 24.1 Å². The number of nitrogens with one attached hydrogen (secondary N) is 1. The van der Waals surface area contributed by atoms with Gasteiger partial charge in [-0.05, 0) is 31.7 Å². The average Bonchev–Trinajstić information content (AvgIpc) is 2.46. The highest BCUT2D eigenvalue weighted by Crippen LogP contribution is 2.48. The van der Waals surface area contributed by atoms with Crippen LogP contribution in [0.5, 0.6) is 11.5 Å². The van der Waals surface area contributed by atoms with E-state index in [-0.39, 0.29) is 17.5 Å². The second-order valence-corrected chi connectivity index (χ2v) is 7.72. The van der Waals surface area contributed by atoms with Crippen LogP contribution >= 0.6 is 6.64 Å². The summed E-state index contributed by atoms with van der Waals surface area (Å²) in [6.07, 6.45) is 0. The van der Waals surface area contributed by atoms with Crippen LogP contribution in [0.2, 0.25) is 0 Å². The number of methoxy groups -OCH3 is 2. The second-order valence-electron chi connectivity index (χ2n) is 4.58. The van der Waals surface area contributed by atoms with Gasteiger partial charge in [-0.3, -0.25) is 10.1 Å². The zero-order valence-electron chi connectivity index (χ0n) is 13.5. The molecule has 1 N–H and O–H groups in total. The maximum atomic E-state index is 11.2. The van der Waals surface area contributed by atoms with Crippen LogP contribution in [0.3, 0.4) is 0 Å². The molecule has 0 heterocycles. The predicted molar refractivity (Wildman–Crippen MR) is 90.7 cm³/mol. The molecule has 2 atom stereocenters. The van der Waals surface area contributed by atoms with Gasteiger partial charge >= 0.3 is 12.3 Å². The normalized spacial score (nSPS) is 14.8.